The molecule has 0 spiro atoms. The van der Waals surface area contributed by atoms with E-state index in [-0.39, 0.29) is 47.8 Å². The zero-order valence-electron chi connectivity index (χ0n) is 17.3. The molecule has 8 nitrogen and oxygen atoms in total. The number of hydrogen-bond donors (Lipinski definition) is 2. The van der Waals surface area contributed by atoms with Gasteiger partial charge in [0.2, 0.25) is 11.7 Å². The summed E-state index contributed by atoms with van der Waals surface area (Å²) in [4.78, 5) is 48.9. The third-order valence-electron chi connectivity index (χ3n) is 4.59. The Labute approximate surface area is 169 Å². The average molecular weight is 402 g/mol. The van der Waals surface area contributed by atoms with E-state index >= 15 is 0 Å². The molecule has 0 radical (unpaired) electrons. The van der Waals surface area contributed by atoms with Crippen LogP contribution in [-0.4, -0.2) is 49.7 Å². The van der Waals surface area contributed by atoms with Crippen LogP contribution < -0.4 is 15.4 Å². The molecule has 1 aliphatic rings. The van der Waals surface area contributed by atoms with Gasteiger partial charge in [-0.3, -0.25) is 14.4 Å². The first kappa shape index (κ1) is 22.1. The van der Waals surface area contributed by atoms with E-state index in [1.165, 1.54) is 14.0 Å². The molecular formula is C21H26N2O6. The minimum absolute atomic E-state index is 0.0291. The molecule has 0 aliphatic heterocycles. The van der Waals surface area contributed by atoms with E-state index in [1.807, 2.05) is 0 Å². The summed E-state index contributed by atoms with van der Waals surface area (Å²) in [7, 11) is 1.44. The van der Waals surface area contributed by atoms with Gasteiger partial charge in [-0.15, -0.1) is 0 Å². The van der Waals surface area contributed by atoms with Crippen LogP contribution in [0.2, 0.25) is 0 Å². The number of methoxy groups -OCH3 is 1. The van der Waals surface area contributed by atoms with Crippen LogP contribution in [0.25, 0.3) is 0 Å². The van der Waals surface area contributed by atoms with E-state index in [0.717, 1.165) is 0 Å². The van der Waals surface area contributed by atoms with Crippen molar-refractivity contribution in [3.05, 3.63) is 40.6 Å². The molecule has 0 fully saturated rings. The van der Waals surface area contributed by atoms with Crippen molar-refractivity contribution >= 4 is 23.4 Å². The summed E-state index contributed by atoms with van der Waals surface area (Å²) in [5.74, 6) is -1.29. The Morgan fingerprint density at radius 3 is 2.41 bits per heavy atom. The van der Waals surface area contributed by atoms with Crippen molar-refractivity contribution in [1.82, 2.24) is 10.6 Å². The Hall–Kier alpha value is -3.16. The quantitative estimate of drug-likeness (QED) is 0.502. The zero-order valence-corrected chi connectivity index (χ0v) is 17.3. The molecule has 1 aliphatic carbocycles. The molecule has 29 heavy (non-hydrogen) atoms. The topological polar surface area (TPSA) is 111 Å². The number of amides is 1. The molecule has 1 unspecified atom stereocenters. The number of Topliss-reactive ketones (excluding diaryl/α,β-unsaturated/α-hetero) is 2. The Morgan fingerprint density at radius 1 is 1.14 bits per heavy atom. The van der Waals surface area contributed by atoms with Crippen molar-refractivity contribution in [1.29, 1.82) is 0 Å². The number of esters is 1. The maximum absolute atomic E-state index is 12.9. The van der Waals surface area contributed by atoms with Gasteiger partial charge >= 0.3 is 5.97 Å². The summed E-state index contributed by atoms with van der Waals surface area (Å²) in [6.07, 6.45) is 0. The Bertz CT molecular complexity index is 872. The summed E-state index contributed by atoms with van der Waals surface area (Å²) < 4.78 is 10.4. The molecule has 0 saturated heterocycles. The van der Waals surface area contributed by atoms with Crippen molar-refractivity contribution in [2.45, 2.75) is 33.7 Å². The lowest BCUT2D eigenvalue weighted by Gasteiger charge is -2.22. The minimum atomic E-state index is -0.748. The number of nitrogens with one attached hydrogen (secondary N) is 2. The molecule has 1 aromatic rings. The lowest BCUT2D eigenvalue weighted by atomic mass is 9.87. The molecule has 8 heteroatoms. The first-order chi connectivity index (χ1) is 13.7. The van der Waals surface area contributed by atoms with Gasteiger partial charge in [-0.1, -0.05) is 26.0 Å². The Morgan fingerprint density at radius 2 is 1.83 bits per heavy atom. The molecule has 2 N–H and O–H groups in total. The van der Waals surface area contributed by atoms with E-state index in [1.54, 1.807) is 39.0 Å². The molecule has 1 amide bonds. The van der Waals surface area contributed by atoms with Gasteiger partial charge in [0.05, 0.1) is 18.4 Å². The fourth-order valence-electron chi connectivity index (χ4n) is 3.08. The van der Waals surface area contributed by atoms with E-state index in [9.17, 15) is 19.2 Å². The number of ether oxygens (including phenoxy) is 2. The van der Waals surface area contributed by atoms with Gasteiger partial charge in [-0.2, -0.15) is 0 Å². The number of carbonyl (C=O) groups excluding carboxylic acids is 4. The van der Waals surface area contributed by atoms with Crippen LogP contribution in [0, 0.1) is 5.92 Å². The van der Waals surface area contributed by atoms with Crippen LogP contribution in [0.4, 0.5) is 0 Å². The van der Waals surface area contributed by atoms with E-state index in [0.29, 0.717) is 16.9 Å². The van der Waals surface area contributed by atoms with Gasteiger partial charge in [0.1, 0.15) is 18.4 Å². The smallest absolute Gasteiger partial charge is 0.328 e. The van der Waals surface area contributed by atoms with Crippen LogP contribution in [0.3, 0.4) is 0 Å². The van der Waals surface area contributed by atoms with Gasteiger partial charge in [-0.05, 0) is 18.9 Å². The van der Waals surface area contributed by atoms with Gasteiger partial charge in [0.15, 0.2) is 5.78 Å². The molecule has 156 valence electrons. The first-order valence-electron chi connectivity index (χ1n) is 9.33. The van der Waals surface area contributed by atoms with Crippen molar-refractivity contribution in [3.63, 3.8) is 0 Å². The normalized spacial score (nSPS) is 14.4. The molecule has 1 aromatic carbocycles. The Kier molecular flexibility index (Phi) is 7.14. The lowest BCUT2D eigenvalue weighted by Crippen LogP contribution is -2.45. The average Bonchev–Trinajstić information content (AvgIpc) is 2.68. The number of hydrogen-bond acceptors (Lipinski definition) is 7. The SMILES string of the molecule is COc1cccc2c1C(=O)C(NCCOC(=O)C(NC(C)=O)C(C)C)=C(C)C2=O. The molecular weight excluding hydrogens is 376 g/mol. The second-order valence-electron chi connectivity index (χ2n) is 7.06. The third kappa shape index (κ3) is 4.82. The number of benzene rings is 1. The summed E-state index contributed by atoms with van der Waals surface area (Å²) >= 11 is 0. The fraction of sp³-hybridized carbons (Fsp3) is 0.429. The van der Waals surface area contributed by atoms with Gasteiger partial charge in [0.25, 0.3) is 0 Å². The first-order valence-corrected chi connectivity index (χ1v) is 9.33. The van der Waals surface area contributed by atoms with Crippen LogP contribution in [-0.2, 0) is 14.3 Å². The molecule has 0 heterocycles. The molecule has 0 bridgehead atoms. The van der Waals surface area contributed by atoms with Gasteiger partial charge < -0.3 is 20.1 Å². The molecule has 2 rings (SSSR count). The van der Waals surface area contributed by atoms with Gasteiger partial charge in [-0.25, -0.2) is 4.79 Å². The Balaban J connectivity index is 2.04. The van der Waals surface area contributed by atoms with Crippen LogP contribution in [0.5, 0.6) is 5.75 Å². The summed E-state index contributed by atoms with van der Waals surface area (Å²) in [5, 5.41) is 5.45. The lowest BCUT2D eigenvalue weighted by molar-refractivity contribution is -0.148. The largest absolute Gasteiger partial charge is 0.496 e. The van der Waals surface area contributed by atoms with Gasteiger partial charge in [0, 0.05) is 24.6 Å². The van der Waals surface area contributed by atoms with E-state index in [4.69, 9.17) is 9.47 Å². The van der Waals surface area contributed by atoms with Crippen molar-refractivity contribution in [3.8, 4) is 5.75 Å². The van der Waals surface area contributed by atoms with E-state index < -0.39 is 12.0 Å². The zero-order chi connectivity index (χ0) is 21.7. The maximum Gasteiger partial charge on any atom is 0.328 e. The monoisotopic (exact) mass is 402 g/mol. The third-order valence-corrected chi connectivity index (χ3v) is 4.59. The summed E-state index contributed by atoms with van der Waals surface area (Å²) in [6, 6.07) is 4.13. The predicted octanol–water partition coefficient (Wildman–Crippen LogP) is 1.64. The van der Waals surface area contributed by atoms with Crippen LogP contribution in [0.15, 0.2) is 29.5 Å². The molecule has 0 aromatic heterocycles. The van der Waals surface area contributed by atoms with E-state index in [2.05, 4.69) is 10.6 Å². The molecule has 0 saturated carbocycles. The standard InChI is InChI=1S/C21H26N2O6/c1-11(2)17(23-13(4)24)21(27)29-10-9-22-18-12(3)19(25)14-7-6-8-15(28-5)16(14)20(18)26/h6-8,11,17,22H,9-10H2,1-5H3,(H,23,24). The van der Waals surface area contributed by atoms with Crippen LogP contribution >= 0.6 is 0 Å². The maximum atomic E-state index is 12.9. The number of ketones is 2. The summed E-state index contributed by atoms with van der Waals surface area (Å²) in [6.45, 7) is 6.60. The fourth-order valence-corrected chi connectivity index (χ4v) is 3.08. The highest BCUT2D eigenvalue weighted by Gasteiger charge is 2.32. The number of carbonyl (C=O) groups is 4. The minimum Gasteiger partial charge on any atom is -0.496 e. The van der Waals surface area contributed by atoms with Crippen molar-refractivity contribution in [2.24, 2.45) is 5.92 Å². The highest BCUT2D eigenvalue weighted by atomic mass is 16.5. The number of allylic oxidation sites excluding steroid dienone is 2. The van der Waals surface area contributed by atoms with Crippen molar-refractivity contribution in [2.75, 3.05) is 20.3 Å². The second kappa shape index (κ2) is 9.36. The van der Waals surface area contributed by atoms with Crippen LogP contribution in [0.1, 0.15) is 48.4 Å². The highest BCUT2D eigenvalue weighted by molar-refractivity contribution is 6.27. The number of fused-ring (bicyclic) bond motifs is 1. The second-order valence-corrected chi connectivity index (χ2v) is 7.06. The molecule has 1 atom stereocenters. The predicted molar refractivity (Wildman–Crippen MR) is 106 cm³/mol. The van der Waals surface area contributed by atoms with Crippen molar-refractivity contribution < 1.29 is 28.7 Å². The highest BCUT2D eigenvalue weighted by Crippen LogP contribution is 2.31. The summed E-state index contributed by atoms with van der Waals surface area (Å²) in [5.41, 5.74) is 0.972. The number of rotatable bonds is 8.